The molecule has 4 unspecified atom stereocenters. The fourth-order valence-electron chi connectivity index (χ4n) is 3.78. The highest BCUT2D eigenvalue weighted by atomic mass is 35.5. The van der Waals surface area contributed by atoms with Gasteiger partial charge in [-0.15, -0.1) is 0 Å². The van der Waals surface area contributed by atoms with E-state index < -0.39 is 0 Å². The molecular weight excluding hydrogens is 339 g/mol. The zero-order chi connectivity index (χ0) is 16.3. The molecule has 0 aromatic heterocycles. The van der Waals surface area contributed by atoms with Crippen molar-refractivity contribution < 1.29 is 14.7 Å². The van der Waals surface area contributed by atoms with Crippen LogP contribution in [0.3, 0.4) is 0 Å². The summed E-state index contributed by atoms with van der Waals surface area (Å²) in [5, 5.41) is 14.7. The number of halogens is 2. The van der Waals surface area contributed by atoms with E-state index in [9.17, 15) is 14.7 Å². The average Bonchev–Trinajstić information content (AvgIpc) is 3.18. The van der Waals surface area contributed by atoms with E-state index in [0.717, 1.165) is 11.4 Å². The fourth-order valence-corrected chi connectivity index (χ4v) is 4.29. The second kappa shape index (κ2) is 5.08. The highest BCUT2D eigenvalue weighted by Crippen LogP contribution is 2.52. The number of hydrogen-bond acceptors (Lipinski definition) is 4. The quantitative estimate of drug-likeness (QED) is 0.506. The first-order chi connectivity index (χ1) is 11.0. The number of hydrogen-bond donors (Lipinski definition) is 1. The Bertz CT molecular complexity index is 737. The molecule has 4 atom stereocenters. The average molecular weight is 351 g/mol. The summed E-state index contributed by atoms with van der Waals surface area (Å²) in [7, 11) is 0. The van der Waals surface area contributed by atoms with Crippen LogP contribution in [0.25, 0.3) is 0 Å². The summed E-state index contributed by atoms with van der Waals surface area (Å²) in [6, 6.07) is 2.92. The SMILES string of the molecule is O=C1C2C3C=CC(C3)C2C(=O)N1N=Cc1cc(Cl)c(O)c(Cl)c1. The Kier molecular flexibility index (Phi) is 3.25. The van der Waals surface area contributed by atoms with Crippen molar-refractivity contribution in [1.82, 2.24) is 5.01 Å². The van der Waals surface area contributed by atoms with E-state index in [4.69, 9.17) is 23.2 Å². The van der Waals surface area contributed by atoms with E-state index in [-0.39, 0.29) is 51.3 Å². The molecule has 1 aromatic carbocycles. The van der Waals surface area contributed by atoms with Gasteiger partial charge in [0, 0.05) is 0 Å². The molecule has 23 heavy (non-hydrogen) atoms. The predicted octanol–water partition coefficient (Wildman–Crippen LogP) is 2.84. The minimum Gasteiger partial charge on any atom is -0.505 e. The minimum atomic E-state index is -0.276. The Hall–Kier alpha value is -1.85. The van der Waals surface area contributed by atoms with Crippen LogP contribution < -0.4 is 0 Å². The summed E-state index contributed by atoms with van der Waals surface area (Å²) in [4.78, 5) is 24.9. The van der Waals surface area contributed by atoms with Crippen LogP contribution in [0.4, 0.5) is 0 Å². The van der Waals surface area contributed by atoms with Crippen molar-refractivity contribution >= 4 is 41.2 Å². The van der Waals surface area contributed by atoms with Crippen molar-refractivity contribution in [1.29, 1.82) is 0 Å². The summed E-state index contributed by atoms with van der Waals surface area (Å²) in [5.74, 6) is -0.953. The lowest BCUT2D eigenvalue weighted by Crippen LogP contribution is -2.28. The molecule has 0 spiro atoms. The number of phenols is 1. The summed E-state index contributed by atoms with van der Waals surface area (Å²) in [6.07, 6.45) is 6.30. The minimum absolute atomic E-state index is 0.0807. The lowest BCUT2D eigenvalue weighted by molar-refractivity contribution is -0.140. The molecule has 2 aliphatic carbocycles. The van der Waals surface area contributed by atoms with Gasteiger partial charge in [0.1, 0.15) is 0 Å². The standard InChI is InChI=1S/C16H12Cl2N2O3/c17-10-3-7(4-11(18)14(10)21)6-19-20-15(22)12-8-1-2-9(5-8)13(12)16(20)23/h1-4,6,8-9,12-13,21H,5H2. The Balaban J connectivity index is 1.60. The maximum absolute atomic E-state index is 12.5. The van der Waals surface area contributed by atoms with Crippen molar-refractivity contribution in [3.05, 3.63) is 39.9 Å². The van der Waals surface area contributed by atoms with Crippen molar-refractivity contribution in [2.45, 2.75) is 6.42 Å². The van der Waals surface area contributed by atoms with Crippen molar-refractivity contribution in [3.63, 3.8) is 0 Å². The van der Waals surface area contributed by atoms with Crippen molar-refractivity contribution in [2.75, 3.05) is 0 Å². The van der Waals surface area contributed by atoms with Crippen LogP contribution in [0, 0.1) is 23.7 Å². The molecule has 118 valence electrons. The molecule has 4 rings (SSSR count). The first-order valence-electron chi connectivity index (χ1n) is 7.25. The van der Waals surface area contributed by atoms with E-state index in [1.54, 1.807) is 0 Å². The molecule has 1 aromatic rings. The zero-order valence-corrected chi connectivity index (χ0v) is 13.3. The highest BCUT2D eigenvalue weighted by Gasteiger charge is 2.59. The van der Waals surface area contributed by atoms with Gasteiger partial charge in [-0.3, -0.25) is 9.59 Å². The van der Waals surface area contributed by atoms with Crippen LogP contribution in [0.1, 0.15) is 12.0 Å². The summed E-state index contributed by atoms with van der Waals surface area (Å²) < 4.78 is 0. The first-order valence-corrected chi connectivity index (χ1v) is 8.01. The number of fused-ring (bicyclic) bond motifs is 5. The van der Waals surface area contributed by atoms with Gasteiger partial charge in [-0.1, -0.05) is 35.4 Å². The Morgan fingerprint density at radius 3 is 2.13 bits per heavy atom. The van der Waals surface area contributed by atoms with Crippen LogP contribution >= 0.6 is 23.2 Å². The summed E-state index contributed by atoms with van der Waals surface area (Å²) >= 11 is 11.7. The molecule has 7 heteroatoms. The maximum atomic E-state index is 12.5. The molecule has 1 saturated heterocycles. The lowest BCUT2D eigenvalue weighted by atomic mass is 9.85. The molecule has 1 saturated carbocycles. The molecule has 0 radical (unpaired) electrons. The normalized spacial score (nSPS) is 31.7. The largest absolute Gasteiger partial charge is 0.505 e. The molecule has 2 amide bonds. The number of imide groups is 1. The number of aromatic hydroxyl groups is 1. The number of carbonyl (C=O) groups is 2. The molecule has 1 aliphatic heterocycles. The number of phenolic OH excluding ortho intramolecular Hbond substituents is 1. The van der Waals surface area contributed by atoms with E-state index in [1.165, 1.54) is 18.3 Å². The molecule has 1 heterocycles. The second-order valence-corrected chi connectivity index (χ2v) is 6.88. The van der Waals surface area contributed by atoms with E-state index >= 15 is 0 Å². The second-order valence-electron chi connectivity index (χ2n) is 6.07. The summed E-state index contributed by atoms with van der Waals surface area (Å²) in [5.41, 5.74) is 0.497. The number of allylic oxidation sites excluding steroid dienone is 2. The topological polar surface area (TPSA) is 70.0 Å². The van der Waals surface area contributed by atoms with Crippen LogP contribution in [0.5, 0.6) is 5.75 Å². The third-order valence-electron chi connectivity index (χ3n) is 4.81. The van der Waals surface area contributed by atoms with Gasteiger partial charge in [-0.2, -0.15) is 10.1 Å². The van der Waals surface area contributed by atoms with Gasteiger partial charge >= 0.3 is 0 Å². The molecule has 2 fully saturated rings. The molecule has 1 N–H and O–H groups in total. The molecule has 5 nitrogen and oxygen atoms in total. The smallest absolute Gasteiger partial charge is 0.254 e. The van der Waals surface area contributed by atoms with Crippen LogP contribution in [0.15, 0.2) is 29.4 Å². The Morgan fingerprint density at radius 2 is 1.61 bits per heavy atom. The predicted molar refractivity (Wildman–Crippen MR) is 85.3 cm³/mol. The van der Waals surface area contributed by atoms with Gasteiger partial charge in [0.2, 0.25) is 0 Å². The maximum Gasteiger partial charge on any atom is 0.254 e. The molecule has 2 bridgehead atoms. The molecular formula is C16H12Cl2N2O3. The fraction of sp³-hybridized carbons (Fsp3) is 0.312. The number of amides is 2. The lowest BCUT2D eigenvalue weighted by Gasteiger charge is -2.13. The first kappa shape index (κ1) is 14.7. The van der Waals surface area contributed by atoms with E-state index in [1.807, 2.05) is 12.2 Å². The number of carbonyl (C=O) groups excluding carboxylic acids is 2. The van der Waals surface area contributed by atoms with E-state index in [0.29, 0.717) is 5.56 Å². The third-order valence-corrected chi connectivity index (χ3v) is 5.38. The number of hydrazone groups is 1. The van der Waals surface area contributed by atoms with Crippen LogP contribution in [-0.2, 0) is 9.59 Å². The zero-order valence-electron chi connectivity index (χ0n) is 11.8. The van der Waals surface area contributed by atoms with Gasteiger partial charge in [-0.05, 0) is 36.0 Å². The van der Waals surface area contributed by atoms with Gasteiger partial charge in [0.25, 0.3) is 11.8 Å². The Morgan fingerprint density at radius 1 is 1.09 bits per heavy atom. The van der Waals surface area contributed by atoms with Crippen molar-refractivity contribution in [2.24, 2.45) is 28.8 Å². The highest BCUT2D eigenvalue weighted by molar-refractivity contribution is 6.37. The number of benzene rings is 1. The third kappa shape index (κ3) is 2.11. The van der Waals surface area contributed by atoms with Gasteiger partial charge in [0.05, 0.1) is 28.1 Å². The van der Waals surface area contributed by atoms with Crippen LogP contribution in [-0.4, -0.2) is 28.1 Å². The summed E-state index contributed by atoms with van der Waals surface area (Å²) in [6.45, 7) is 0. The van der Waals surface area contributed by atoms with Crippen LogP contribution in [0.2, 0.25) is 10.0 Å². The number of nitrogens with zero attached hydrogens (tertiary/aromatic N) is 2. The Labute approximate surface area is 142 Å². The van der Waals surface area contributed by atoms with E-state index in [2.05, 4.69) is 5.10 Å². The van der Waals surface area contributed by atoms with Crippen molar-refractivity contribution in [3.8, 4) is 5.75 Å². The van der Waals surface area contributed by atoms with Gasteiger partial charge < -0.3 is 5.11 Å². The molecule has 3 aliphatic rings. The van der Waals surface area contributed by atoms with Gasteiger partial charge in [-0.25, -0.2) is 0 Å². The monoisotopic (exact) mass is 350 g/mol. The van der Waals surface area contributed by atoms with Gasteiger partial charge in [0.15, 0.2) is 5.75 Å². The number of rotatable bonds is 2.